The zero-order chi connectivity index (χ0) is 14.0. The highest BCUT2D eigenvalue weighted by Crippen LogP contribution is 2.48. The van der Waals surface area contributed by atoms with E-state index in [2.05, 4.69) is 23.9 Å². The van der Waals surface area contributed by atoms with Crippen LogP contribution in [0.15, 0.2) is 16.5 Å². The number of rotatable bonds is 4. The second-order valence-electron chi connectivity index (χ2n) is 5.95. The molecule has 2 atom stereocenters. The number of methoxy groups -OCH3 is 1. The number of esters is 1. The molecule has 0 aromatic carbocycles. The summed E-state index contributed by atoms with van der Waals surface area (Å²) in [5.74, 6) is 1.19. The van der Waals surface area contributed by atoms with Crippen molar-refractivity contribution >= 4 is 5.97 Å². The highest BCUT2D eigenvalue weighted by Gasteiger charge is 2.40. The molecule has 1 aromatic rings. The highest BCUT2D eigenvalue weighted by molar-refractivity contribution is 5.86. The Morgan fingerprint density at radius 3 is 2.79 bits per heavy atom. The minimum absolute atomic E-state index is 0.149. The van der Waals surface area contributed by atoms with E-state index in [4.69, 9.17) is 4.42 Å². The highest BCUT2D eigenvalue weighted by atomic mass is 16.5. The molecule has 1 aliphatic carbocycles. The maximum atomic E-state index is 11.4. The van der Waals surface area contributed by atoms with Crippen LogP contribution in [-0.4, -0.2) is 20.1 Å². The fourth-order valence-electron chi connectivity index (χ4n) is 3.24. The molecule has 106 valence electrons. The Labute approximate surface area is 114 Å². The molecule has 1 N–H and O–H groups in total. The summed E-state index contributed by atoms with van der Waals surface area (Å²) in [7, 11) is 3.31. The molecule has 0 bridgehead atoms. The summed E-state index contributed by atoms with van der Waals surface area (Å²) >= 11 is 0. The van der Waals surface area contributed by atoms with Gasteiger partial charge in [-0.1, -0.05) is 20.3 Å². The molecule has 1 heterocycles. The smallest absolute Gasteiger partial charge is 0.373 e. The molecule has 2 unspecified atom stereocenters. The summed E-state index contributed by atoms with van der Waals surface area (Å²) < 4.78 is 10.3. The molecule has 0 radical (unpaired) electrons. The molecular weight excluding hydrogens is 242 g/mol. The molecule has 1 saturated carbocycles. The third-order valence-corrected chi connectivity index (χ3v) is 4.37. The van der Waals surface area contributed by atoms with Crippen LogP contribution in [0.4, 0.5) is 0 Å². The number of hydrogen-bond acceptors (Lipinski definition) is 4. The van der Waals surface area contributed by atoms with Crippen molar-refractivity contribution in [3.8, 4) is 0 Å². The van der Waals surface area contributed by atoms with Gasteiger partial charge in [-0.3, -0.25) is 0 Å². The van der Waals surface area contributed by atoms with E-state index in [-0.39, 0.29) is 11.8 Å². The SMILES string of the molecule is CNC(c1ccc(C(=O)OC)o1)C1CCCC1(C)C. The lowest BCUT2D eigenvalue weighted by Crippen LogP contribution is -2.31. The van der Waals surface area contributed by atoms with Crippen LogP contribution in [0.25, 0.3) is 0 Å². The average molecular weight is 265 g/mol. The molecule has 0 amide bonds. The summed E-state index contributed by atoms with van der Waals surface area (Å²) in [4.78, 5) is 11.4. The first-order chi connectivity index (χ1) is 8.99. The predicted molar refractivity (Wildman–Crippen MR) is 73.0 cm³/mol. The van der Waals surface area contributed by atoms with Gasteiger partial charge in [0, 0.05) is 0 Å². The molecular formula is C15H23NO3. The van der Waals surface area contributed by atoms with Crippen molar-refractivity contribution in [1.29, 1.82) is 0 Å². The fourth-order valence-corrected chi connectivity index (χ4v) is 3.24. The van der Waals surface area contributed by atoms with E-state index in [1.807, 2.05) is 13.1 Å². The van der Waals surface area contributed by atoms with Gasteiger partial charge in [0.2, 0.25) is 5.76 Å². The first-order valence-electron chi connectivity index (χ1n) is 6.85. The van der Waals surface area contributed by atoms with Crippen LogP contribution in [0.5, 0.6) is 0 Å². The van der Waals surface area contributed by atoms with E-state index < -0.39 is 5.97 Å². The second-order valence-corrected chi connectivity index (χ2v) is 5.95. The average Bonchev–Trinajstić information content (AvgIpc) is 2.98. The molecule has 0 aliphatic heterocycles. The van der Waals surface area contributed by atoms with Crippen molar-refractivity contribution in [2.45, 2.75) is 39.2 Å². The number of furan rings is 1. The van der Waals surface area contributed by atoms with E-state index in [1.165, 1.54) is 26.4 Å². The van der Waals surface area contributed by atoms with E-state index in [0.29, 0.717) is 11.3 Å². The summed E-state index contributed by atoms with van der Waals surface area (Å²) in [5, 5.41) is 3.34. The van der Waals surface area contributed by atoms with Gasteiger partial charge in [-0.2, -0.15) is 0 Å². The largest absolute Gasteiger partial charge is 0.463 e. The van der Waals surface area contributed by atoms with Crippen molar-refractivity contribution in [1.82, 2.24) is 5.32 Å². The standard InChI is InChI=1S/C15H23NO3/c1-15(2)9-5-6-10(15)13(16-3)11-7-8-12(19-11)14(17)18-4/h7-8,10,13,16H,5-6,9H2,1-4H3. The maximum absolute atomic E-state index is 11.4. The first kappa shape index (κ1) is 14.1. The Kier molecular flexibility index (Phi) is 3.99. The van der Waals surface area contributed by atoms with Gasteiger partial charge in [0.05, 0.1) is 13.2 Å². The first-order valence-corrected chi connectivity index (χ1v) is 6.85. The Balaban J connectivity index is 2.22. The lowest BCUT2D eigenvalue weighted by molar-refractivity contribution is 0.0559. The fraction of sp³-hybridized carbons (Fsp3) is 0.667. The molecule has 1 aliphatic rings. The molecule has 4 heteroatoms. The Morgan fingerprint density at radius 2 is 2.26 bits per heavy atom. The zero-order valence-electron chi connectivity index (χ0n) is 12.2. The van der Waals surface area contributed by atoms with Crippen LogP contribution in [0.1, 0.15) is 55.5 Å². The number of nitrogens with one attached hydrogen (secondary N) is 1. The minimum atomic E-state index is -0.424. The van der Waals surface area contributed by atoms with Crippen molar-refractivity contribution < 1.29 is 13.9 Å². The van der Waals surface area contributed by atoms with Crippen molar-refractivity contribution in [3.05, 3.63) is 23.7 Å². The van der Waals surface area contributed by atoms with E-state index in [1.54, 1.807) is 6.07 Å². The third-order valence-electron chi connectivity index (χ3n) is 4.37. The van der Waals surface area contributed by atoms with E-state index >= 15 is 0 Å². The molecule has 19 heavy (non-hydrogen) atoms. The number of hydrogen-bond donors (Lipinski definition) is 1. The van der Waals surface area contributed by atoms with Crippen molar-refractivity contribution in [2.75, 3.05) is 14.2 Å². The van der Waals surface area contributed by atoms with Crippen molar-refractivity contribution in [3.63, 3.8) is 0 Å². The van der Waals surface area contributed by atoms with Gasteiger partial charge in [-0.15, -0.1) is 0 Å². The van der Waals surface area contributed by atoms with Gasteiger partial charge < -0.3 is 14.5 Å². The zero-order valence-corrected chi connectivity index (χ0v) is 12.2. The monoisotopic (exact) mass is 265 g/mol. The lowest BCUT2D eigenvalue weighted by Gasteiger charge is -2.32. The van der Waals surface area contributed by atoms with Gasteiger partial charge in [-0.05, 0) is 43.4 Å². The number of carbonyl (C=O) groups is 1. The second kappa shape index (κ2) is 5.37. The van der Waals surface area contributed by atoms with E-state index in [0.717, 1.165) is 5.76 Å². The number of ether oxygens (including phenoxy) is 1. The topological polar surface area (TPSA) is 51.5 Å². The quantitative estimate of drug-likeness (QED) is 0.850. The molecule has 2 rings (SSSR count). The Bertz CT molecular complexity index is 450. The molecule has 1 aromatic heterocycles. The lowest BCUT2D eigenvalue weighted by atomic mass is 9.77. The van der Waals surface area contributed by atoms with Gasteiger partial charge in [0.1, 0.15) is 5.76 Å². The summed E-state index contributed by atoms with van der Waals surface area (Å²) in [6.45, 7) is 4.61. The van der Waals surface area contributed by atoms with Gasteiger partial charge in [-0.25, -0.2) is 4.79 Å². The van der Waals surface area contributed by atoms with Gasteiger partial charge in [0.25, 0.3) is 0 Å². The van der Waals surface area contributed by atoms with Crippen LogP contribution >= 0.6 is 0 Å². The van der Waals surface area contributed by atoms with Crippen molar-refractivity contribution in [2.24, 2.45) is 11.3 Å². The molecule has 4 nitrogen and oxygen atoms in total. The van der Waals surface area contributed by atoms with Gasteiger partial charge in [0.15, 0.2) is 0 Å². The normalized spacial score (nSPS) is 23.3. The van der Waals surface area contributed by atoms with Crippen LogP contribution in [0.2, 0.25) is 0 Å². The Morgan fingerprint density at radius 1 is 1.53 bits per heavy atom. The summed E-state index contributed by atoms with van der Waals surface area (Å²) in [5.41, 5.74) is 0.298. The van der Waals surface area contributed by atoms with Gasteiger partial charge >= 0.3 is 5.97 Å². The summed E-state index contributed by atoms with van der Waals surface area (Å²) in [6.07, 6.45) is 3.67. The Hall–Kier alpha value is -1.29. The third kappa shape index (κ3) is 2.68. The van der Waals surface area contributed by atoms with Crippen LogP contribution in [0, 0.1) is 11.3 Å². The van der Waals surface area contributed by atoms with Crippen LogP contribution in [0.3, 0.4) is 0 Å². The van der Waals surface area contributed by atoms with Crippen LogP contribution < -0.4 is 5.32 Å². The molecule has 0 spiro atoms. The molecule has 1 fully saturated rings. The minimum Gasteiger partial charge on any atom is -0.463 e. The van der Waals surface area contributed by atoms with Crippen LogP contribution in [-0.2, 0) is 4.74 Å². The number of carbonyl (C=O) groups excluding carboxylic acids is 1. The predicted octanol–water partition coefficient (Wildman–Crippen LogP) is 3.15. The molecule has 0 saturated heterocycles. The van der Waals surface area contributed by atoms with E-state index in [9.17, 15) is 4.79 Å². The summed E-state index contributed by atoms with van der Waals surface area (Å²) in [6, 6.07) is 3.71. The maximum Gasteiger partial charge on any atom is 0.373 e.